The molecule has 10 heteroatoms. The van der Waals surface area contributed by atoms with Gasteiger partial charge < -0.3 is 15.4 Å². The van der Waals surface area contributed by atoms with E-state index in [1.165, 1.54) is 25.3 Å². The van der Waals surface area contributed by atoms with Crippen LogP contribution in [0.15, 0.2) is 47.1 Å². The molecule has 1 aromatic carbocycles. The molecule has 0 aliphatic carbocycles. The van der Waals surface area contributed by atoms with E-state index in [1.54, 1.807) is 24.3 Å². The van der Waals surface area contributed by atoms with Gasteiger partial charge in [0.15, 0.2) is 6.61 Å². The minimum Gasteiger partial charge on any atom is -0.468 e. The first-order chi connectivity index (χ1) is 13.1. The molecule has 0 aliphatic rings. The van der Waals surface area contributed by atoms with Gasteiger partial charge in [-0.25, -0.2) is 4.98 Å². The maximum Gasteiger partial charge on any atom is 0.422 e. The number of carbonyl (C=O) groups excluding carboxylic acids is 2. The van der Waals surface area contributed by atoms with E-state index in [1.807, 2.05) is 0 Å². The number of alkyl halides is 3. The van der Waals surface area contributed by atoms with Gasteiger partial charge in [-0.2, -0.15) is 13.2 Å². The monoisotopic (exact) mass is 459 g/mol. The molecule has 0 bridgehead atoms. The number of amides is 2. The van der Waals surface area contributed by atoms with Crippen LogP contribution in [0, 0.1) is 0 Å². The molecule has 150 valence electrons. The molecule has 1 heterocycles. The van der Waals surface area contributed by atoms with E-state index < -0.39 is 24.7 Å². The second kappa shape index (κ2) is 9.54. The van der Waals surface area contributed by atoms with Gasteiger partial charge in [-0.3, -0.25) is 9.59 Å². The third-order valence-electron chi connectivity index (χ3n) is 3.44. The molecule has 0 aliphatic heterocycles. The van der Waals surface area contributed by atoms with Crippen LogP contribution in [0.1, 0.15) is 24.9 Å². The van der Waals surface area contributed by atoms with Gasteiger partial charge in [-0.05, 0) is 23.8 Å². The van der Waals surface area contributed by atoms with Gasteiger partial charge in [-0.1, -0.05) is 28.1 Å². The smallest absolute Gasteiger partial charge is 0.422 e. The largest absolute Gasteiger partial charge is 0.468 e. The molecule has 2 N–H and O–H groups in total. The number of pyridine rings is 1. The van der Waals surface area contributed by atoms with E-state index in [4.69, 9.17) is 0 Å². The molecule has 2 rings (SSSR count). The van der Waals surface area contributed by atoms with Crippen LogP contribution in [0.3, 0.4) is 0 Å². The van der Waals surface area contributed by atoms with Gasteiger partial charge in [0, 0.05) is 17.5 Å². The zero-order valence-electron chi connectivity index (χ0n) is 14.7. The molecule has 0 spiro atoms. The Kier molecular flexibility index (Phi) is 7.38. The molecular formula is C18H17BrF3N3O3. The van der Waals surface area contributed by atoms with Crippen LogP contribution >= 0.6 is 15.9 Å². The average molecular weight is 460 g/mol. The van der Waals surface area contributed by atoms with E-state index in [2.05, 4.69) is 36.3 Å². The Balaban J connectivity index is 1.98. The molecule has 0 fully saturated rings. The second-order valence-electron chi connectivity index (χ2n) is 5.85. The summed E-state index contributed by atoms with van der Waals surface area (Å²) >= 11 is 3.32. The van der Waals surface area contributed by atoms with Crippen molar-refractivity contribution in [2.45, 2.75) is 25.6 Å². The predicted molar refractivity (Wildman–Crippen MR) is 99.7 cm³/mol. The first-order valence-electron chi connectivity index (χ1n) is 8.10. The van der Waals surface area contributed by atoms with Crippen molar-refractivity contribution in [3.63, 3.8) is 0 Å². The third kappa shape index (κ3) is 7.55. The Morgan fingerprint density at radius 3 is 2.39 bits per heavy atom. The standard InChI is InChI=1S/C18H17BrF3N3O3/c1-11(26)24-15(12-2-4-13(19)5-3-12)8-16(27)25-14-6-7-17(23-9-14)28-10-18(20,21)22/h2-7,9,15H,8,10H2,1H3,(H,24,26)(H,25,27). The molecule has 28 heavy (non-hydrogen) atoms. The number of halogens is 4. The van der Waals surface area contributed by atoms with Gasteiger partial charge in [0.1, 0.15) is 0 Å². The summed E-state index contributed by atoms with van der Waals surface area (Å²) in [6.07, 6.45) is -3.30. The number of nitrogens with zero attached hydrogens (tertiary/aromatic N) is 1. The van der Waals surface area contributed by atoms with E-state index in [-0.39, 0.29) is 18.2 Å². The summed E-state index contributed by atoms with van der Waals surface area (Å²) in [6, 6.07) is 9.23. The van der Waals surface area contributed by atoms with Crippen LogP contribution in [0.5, 0.6) is 5.88 Å². The van der Waals surface area contributed by atoms with Crippen LogP contribution in [-0.2, 0) is 9.59 Å². The maximum atomic E-state index is 12.3. The van der Waals surface area contributed by atoms with Crippen molar-refractivity contribution in [1.82, 2.24) is 10.3 Å². The summed E-state index contributed by atoms with van der Waals surface area (Å²) in [5.74, 6) is -0.887. The van der Waals surface area contributed by atoms with E-state index in [0.29, 0.717) is 5.69 Å². The normalized spacial score (nSPS) is 12.2. The SMILES string of the molecule is CC(=O)NC(CC(=O)Nc1ccc(OCC(F)(F)F)nc1)c1ccc(Br)cc1. The lowest BCUT2D eigenvalue weighted by atomic mass is 10.0. The molecule has 0 saturated heterocycles. The predicted octanol–water partition coefficient (Wildman–Crippen LogP) is 3.99. The highest BCUT2D eigenvalue weighted by atomic mass is 79.9. The third-order valence-corrected chi connectivity index (χ3v) is 3.97. The lowest BCUT2D eigenvalue weighted by Gasteiger charge is -2.18. The van der Waals surface area contributed by atoms with E-state index in [9.17, 15) is 22.8 Å². The number of rotatable bonds is 7. The molecule has 0 saturated carbocycles. The summed E-state index contributed by atoms with van der Waals surface area (Å²) in [4.78, 5) is 27.5. The number of aromatic nitrogens is 1. The number of hydrogen-bond acceptors (Lipinski definition) is 4. The number of benzene rings is 1. The molecule has 1 atom stereocenters. The Morgan fingerprint density at radius 2 is 1.86 bits per heavy atom. The van der Waals surface area contributed by atoms with Crippen LogP contribution in [0.2, 0.25) is 0 Å². The van der Waals surface area contributed by atoms with Gasteiger partial charge >= 0.3 is 6.18 Å². The van der Waals surface area contributed by atoms with E-state index >= 15 is 0 Å². The van der Waals surface area contributed by atoms with Crippen LogP contribution in [-0.4, -0.2) is 29.6 Å². The minimum atomic E-state index is -4.46. The molecule has 2 aromatic rings. The maximum absolute atomic E-state index is 12.3. The molecule has 1 unspecified atom stereocenters. The number of carbonyl (C=O) groups is 2. The topological polar surface area (TPSA) is 80.3 Å². The number of nitrogens with one attached hydrogen (secondary N) is 2. The molecule has 0 radical (unpaired) electrons. The summed E-state index contributed by atoms with van der Waals surface area (Å²) in [5, 5.41) is 5.30. The molecule has 6 nitrogen and oxygen atoms in total. The Morgan fingerprint density at radius 1 is 1.18 bits per heavy atom. The van der Waals surface area contributed by atoms with Crippen molar-refractivity contribution in [2.24, 2.45) is 0 Å². The lowest BCUT2D eigenvalue weighted by molar-refractivity contribution is -0.154. The Bertz CT molecular complexity index is 812. The molecular weight excluding hydrogens is 443 g/mol. The fraction of sp³-hybridized carbons (Fsp3) is 0.278. The first-order valence-corrected chi connectivity index (χ1v) is 8.90. The van der Waals surface area contributed by atoms with Crippen molar-refractivity contribution >= 4 is 33.4 Å². The van der Waals surface area contributed by atoms with Crippen molar-refractivity contribution in [3.8, 4) is 5.88 Å². The highest BCUT2D eigenvalue weighted by Gasteiger charge is 2.28. The zero-order valence-corrected chi connectivity index (χ0v) is 16.3. The zero-order chi connectivity index (χ0) is 20.7. The van der Waals surface area contributed by atoms with Crippen LogP contribution in [0.4, 0.5) is 18.9 Å². The summed E-state index contributed by atoms with van der Waals surface area (Å²) < 4.78 is 41.7. The van der Waals surface area contributed by atoms with Gasteiger partial charge in [0.2, 0.25) is 17.7 Å². The minimum absolute atomic E-state index is 0.0342. The number of ether oxygens (including phenoxy) is 1. The van der Waals surface area contributed by atoms with Crippen molar-refractivity contribution < 1.29 is 27.5 Å². The fourth-order valence-corrected chi connectivity index (χ4v) is 2.55. The van der Waals surface area contributed by atoms with Crippen molar-refractivity contribution in [2.75, 3.05) is 11.9 Å². The van der Waals surface area contributed by atoms with Crippen LogP contribution < -0.4 is 15.4 Å². The summed E-state index contributed by atoms with van der Waals surface area (Å²) in [5.41, 5.74) is 1.05. The molecule has 1 aromatic heterocycles. The first kappa shape index (κ1) is 21.7. The lowest BCUT2D eigenvalue weighted by Crippen LogP contribution is -2.29. The Labute approximate surface area is 167 Å². The van der Waals surface area contributed by atoms with Crippen molar-refractivity contribution in [1.29, 1.82) is 0 Å². The molecule has 2 amide bonds. The number of anilines is 1. The van der Waals surface area contributed by atoms with E-state index in [0.717, 1.165) is 10.0 Å². The Hall–Kier alpha value is -2.62. The van der Waals surface area contributed by atoms with Crippen molar-refractivity contribution in [3.05, 3.63) is 52.6 Å². The quantitative estimate of drug-likeness (QED) is 0.655. The second-order valence-corrected chi connectivity index (χ2v) is 6.76. The van der Waals surface area contributed by atoms with Gasteiger partial charge in [0.25, 0.3) is 0 Å². The summed E-state index contributed by atoms with van der Waals surface area (Å²) in [6.45, 7) is -0.0926. The van der Waals surface area contributed by atoms with Crippen LogP contribution in [0.25, 0.3) is 0 Å². The highest BCUT2D eigenvalue weighted by Crippen LogP contribution is 2.21. The summed E-state index contributed by atoms with van der Waals surface area (Å²) in [7, 11) is 0. The van der Waals surface area contributed by atoms with Gasteiger partial charge in [-0.15, -0.1) is 0 Å². The number of hydrogen-bond donors (Lipinski definition) is 2. The van der Waals surface area contributed by atoms with Gasteiger partial charge in [0.05, 0.1) is 24.3 Å². The average Bonchev–Trinajstić information content (AvgIpc) is 2.60. The fourth-order valence-electron chi connectivity index (χ4n) is 2.29. The highest BCUT2D eigenvalue weighted by molar-refractivity contribution is 9.10.